The molecule has 0 amide bonds. The summed E-state index contributed by atoms with van der Waals surface area (Å²) >= 11 is 1.81. The zero-order valence-corrected chi connectivity index (χ0v) is 9.33. The topological polar surface area (TPSA) is 34.9 Å². The molecule has 0 aliphatic rings. The van der Waals surface area contributed by atoms with Gasteiger partial charge in [0.2, 0.25) is 0 Å². The number of carbonyl (C=O) groups excluding carboxylic acids is 1. The molecule has 2 rings (SSSR count). The van der Waals surface area contributed by atoms with Gasteiger partial charge in [-0.1, -0.05) is 6.92 Å². The van der Waals surface area contributed by atoms with E-state index in [1.807, 2.05) is 15.9 Å². The molecule has 0 bridgehead atoms. The smallest absolute Gasteiger partial charge is 0.169 e. The van der Waals surface area contributed by atoms with Gasteiger partial charge in [0.25, 0.3) is 0 Å². The fourth-order valence-corrected chi connectivity index (χ4v) is 2.37. The molecule has 78 valence electrons. The number of nitrogens with zero attached hydrogens (tertiary/aromatic N) is 2. The molecular formula is C11H12N2OS. The summed E-state index contributed by atoms with van der Waals surface area (Å²) in [7, 11) is 0. The summed E-state index contributed by atoms with van der Waals surface area (Å²) in [6.07, 6.45) is 5.30. The Bertz CT molecular complexity index is 459. The number of aldehydes is 1. The molecular weight excluding hydrogens is 208 g/mol. The Morgan fingerprint density at radius 1 is 1.47 bits per heavy atom. The Balaban J connectivity index is 2.10. The van der Waals surface area contributed by atoms with Crippen LogP contribution in [0.15, 0.2) is 24.7 Å². The van der Waals surface area contributed by atoms with Gasteiger partial charge in [-0.2, -0.15) is 0 Å². The van der Waals surface area contributed by atoms with Crippen molar-refractivity contribution in [2.45, 2.75) is 19.9 Å². The minimum atomic E-state index is 0.488. The van der Waals surface area contributed by atoms with Crippen LogP contribution in [0, 0.1) is 0 Å². The first-order chi connectivity index (χ1) is 7.31. The van der Waals surface area contributed by atoms with Crippen molar-refractivity contribution in [3.05, 3.63) is 40.1 Å². The molecule has 0 unspecified atom stereocenters. The monoisotopic (exact) mass is 220 g/mol. The van der Waals surface area contributed by atoms with Crippen molar-refractivity contribution in [2.24, 2.45) is 0 Å². The molecule has 0 saturated carbocycles. The Labute approximate surface area is 92.4 Å². The lowest BCUT2D eigenvalue weighted by atomic mass is 10.3. The molecule has 2 heterocycles. The minimum Gasteiger partial charge on any atom is -0.331 e. The van der Waals surface area contributed by atoms with Crippen molar-refractivity contribution in [3.8, 4) is 0 Å². The Hall–Kier alpha value is -1.42. The second-order valence-corrected chi connectivity index (χ2v) is 4.56. The maximum Gasteiger partial charge on any atom is 0.169 e. The molecule has 0 aliphatic heterocycles. The molecule has 0 aliphatic carbocycles. The molecule has 2 aromatic heterocycles. The number of aromatic nitrogens is 2. The molecule has 0 fully saturated rings. The van der Waals surface area contributed by atoms with Crippen molar-refractivity contribution < 1.29 is 4.79 Å². The van der Waals surface area contributed by atoms with Crippen molar-refractivity contribution in [1.29, 1.82) is 0 Å². The van der Waals surface area contributed by atoms with E-state index in [1.165, 1.54) is 9.75 Å². The maximum absolute atomic E-state index is 10.4. The fraction of sp³-hybridized carbons (Fsp3) is 0.273. The quantitative estimate of drug-likeness (QED) is 0.741. The van der Waals surface area contributed by atoms with E-state index in [0.29, 0.717) is 5.69 Å². The summed E-state index contributed by atoms with van der Waals surface area (Å²) in [5, 5.41) is 0. The molecule has 2 aromatic rings. The average Bonchev–Trinajstić information content (AvgIpc) is 2.87. The van der Waals surface area contributed by atoms with E-state index in [-0.39, 0.29) is 0 Å². The van der Waals surface area contributed by atoms with E-state index in [0.717, 1.165) is 19.3 Å². The van der Waals surface area contributed by atoms with Crippen LogP contribution in [0.5, 0.6) is 0 Å². The van der Waals surface area contributed by atoms with E-state index in [4.69, 9.17) is 0 Å². The summed E-state index contributed by atoms with van der Waals surface area (Å²) in [6.45, 7) is 2.95. The fourth-order valence-electron chi connectivity index (χ4n) is 1.40. The molecule has 0 aromatic carbocycles. The second-order valence-electron chi connectivity index (χ2n) is 3.31. The Morgan fingerprint density at radius 2 is 2.27 bits per heavy atom. The SMILES string of the molecule is CCc1ccc(Cn2cnc(C=O)c2)s1. The van der Waals surface area contributed by atoms with Gasteiger partial charge in [-0.3, -0.25) is 4.79 Å². The number of hydrogen-bond donors (Lipinski definition) is 0. The van der Waals surface area contributed by atoms with Gasteiger partial charge in [0, 0.05) is 16.0 Å². The Morgan fingerprint density at radius 3 is 2.87 bits per heavy atom. The van der Waals surface area contributed by atoms with Gasteiger partial charge in [0.15, 0.2) is 6.29 Å². The predicted molar refractivity (Wildman–Crippen MR) is 60.4 cm³/mol. The van der Waals surface area contributed by atoms with Crippen molar-refractivity contribution >= 4 is 17.6 Å². The van der Waals surface area contributed by atoms with Crippen LogP contribution < -0.4 is 0 Å². The van der Waals surface area contributed by atoms with Crippen molar-refractivity contribution in [1.82, 2.24) is 9.55 Å². The van der Waals surface area contributed by atoms with Gasteiger partial charge < -0.3 is 4.57 Å². The van der Waals surface area contributed by atoms with E-state index >= 15 is 0 Å². The standard InChI is InChI=1S/C11H12N2OS/c1-2-10-3-4-11(15-10)6-13-5-9(7-14)12-8-13/h3-5,7-8H,2,6H2,1H3. The van der Waals surface area contributed by atoms with Gasteiger partial charge in [0.05, 0.1) is 12.9 Å². The second kappa shape index (κ2) is 4.40. The van der Waals surface area contributed by atoms with Crippen LogP contribution in [0.25, 0.3) is 0 Å². The third kappa shape index (κ3) is 2.33. The van der Waals surface area contributed by atoms with Crippen LogP contribution in [-0.4, -0.2) is 15.8 Å². The van der Waals surface area contributed by atoms with Gasteiger partial charge in [0.1, 0.15) is 5.69 Å². The summed E-state index contributed by atoms with van der Waals surface area (Å²) in [6, 6.07) is 4.28. The summed E-state index contributed by atoms with van der Waals surface area (Å²) in [4.78, 5) is 17.1. The van der Waals surface area contributed by atoms with Crippen molar-refractivity contribution in [2.75, 3.05) is 0 Å². The molecule has 3 nitrogen and oxygen atoms in total. The van der Waals surface area contributed by atoms with Crippen LogP contribution in [0.3, 0.4) is 0 Å². The highest BCUT2D eigenvalue weighted by molar-refractivity contribution is 7.11. The lowest BCUT2D eigenvalue weighted by Crippen LogP contribution is -1.93. The zero-order valence-electron chi connectivity index (χ0n) is 8.51. The summed E-state index contributed by atoms with van der Waals surface area (Å²) in [5.74, 6) is 0. The number of carbonyl (C=O) groups is 1. The van der Waals surface area contributed by atoms with E-state index in [9.17, 15) is 4.79 Å². The lowest BCUT2D eigenvalue weighted by Gasteiger charge is -1.97. The van der Waals surface area contributed by atoms with Crippen LogP contribution in [0.2, 0.25) is 0 Å². The predicted octanol–water partition coefficient (Wildman–Crippen LogP) is 2.37. The van der Waals surface area contributed by atoms with Gasteiger partial charge in [-0.25, -0.2) is 4.98 Å². The Kier molecular flexibility index (Phi) is 2.97. The minimum absolute atomic E-state index is 0.488. The highest BCUT2D eigenvalue weighted by atomic mass is 32.1. The number of rotatable bonds is 4. The lowest BCUT2D eigenvalue weighted by molar-refractivity contribution is 0.111. The molecule has 0 spiro atoms. The molecule has 0 saturated heterocycles. The van der Waals surface area contributed by atoms with E-state index in [2.05, 4.69) is 24.0 Å². The molecule has 15 heavy (non-hydrogen) atoms. The third-order valence-electron chi connectivity index (χ3n) is 2.18. The van der Waals surface area contributed by atoms with Gasteiger partial charge >= 0.3 is 0 Å². The van der Waals surface area contributed by atoms with Crippen LogP contribution in [0.1, 0.15) is 27.2 Å². The summed E-state index contributed by atoms with van der Waals surface area (Å²) in [5.41, 5.74) is 0.488. The number of thiophene rings is 1. The van der Waals surface area contributed by atoms with E-state index in [1.54, 1.807) is 12.5 Å². The molecule has 0 N–H and O–H groups in total. The largest absolute Gasteiger partial charge is 0.331 e. The van der Waals surface area contributed by atoms with Crippen LogP contribution in [-0.2, 0) is 13.0 Å². The van der Waals surface area contributed by atoms with Crippen LogP contribution >= 0.6 is 11.3 Å². The molecule has 0 atom stereocenters. The van der Waals surface area contributed by atoms with Gasteiger partial charge in [-0.15, -0.1) is 11.3 Å². The average molecular weight is 220 g/mol. The third-order valence-corrected chi connectivity index (χ3v) is 3.39. The highest BCUT2D eigenvalue weighted by Crippen LogP contribution is 2.17. The number of aryl methyl sites for hydroxylation is 1. The normalized spacial score (nSPS) is 10.5. The zero-order chi connectivity index (χ0) is 10.7. The molecule has 4 heteroatoms. The first-order valence-corrected chi connectivity index (χ1v) is 5.68. The number of imidazole rings is 1. The summed E-state index contributed by atoms with van der Waals surface area (Å²) < 4.78 is 1.93. The molecule has 0 radical (unpaired) electrons. The van der Waals surface area contributed by atoms with Gasteiger partial charge in [-0.05, 0) is 18.6 Å². The maximum atomic E-state index is 10.4. The van der Waals surface area contributed by atoms with Crippen molar-refractivity contribution in [3.63, 3.8) is 0 Å². The first-order valence-electron chi connectivity index (χ1n) is 4.86. The van der Waals surface area contributed by atoms with E-state index < -0.39 is 0 Å². The highest BCUT2D eigenvalue weighted by Gasteiger charge is 2.01. The van der Waals surface area contributed by atoms with Crippen LogP contribution in [0.4, 0.5) is 0 Å². The number of hydrogen-bond acceptors (Lipinski definition) is 3. The first kappa shape index (κ1) is 10.1.